The van der Waals surface area contributed by atoms with Gasteiger partial charge < -0.3 is 9.84 Å². The number of aliphatic hydroxyl groups excluding tert-OH is 1. The highest BCUT2D eigenvalue weighted by Gasteiger charge is 2.24. The highest BCUT2D eigenvalue weighted by atomic mass is 35.5. The van der Waals surface area contributed by atoms with Crippen LogP contribution in [0.3, 0.4) is 0 Å². The molecule has 0 bridgehead atoms. The van der Waals surface area contributed by atoms with Gasteiger partial charge in [-0.2, -0.15) is 0 Å². The summed E-state index contributed by atoms with van der Waals surface area (Å²) in [7, 11) is 0. The molecule has 88 valence electrons. The van der Waals surface area contributed by atoms with Crippen molar-refractivity contribution < 1.29 is 9.84 Å². The van der Waals surface area contributed by atoms with Crippen molar-refractivity contribution in [2.45, 2.75) is 25.9 Å². The minimum absolute atomic E-state index is 0.297. The van der Waals surface area contributed by atoms with Crippen LogP contribution >= 0.6 is 11.6 Å². The summed E-state index contributed by atoms with van der Waals surface area (Å²) in [5.74, 6) is 0.297. The van der Waals surface area contributed by atoms with Crippen LogP contribution in [0.25, 0.3) is 0 Å². The van der Waals surface area contributed by atoms with Gasteiger partial charge in [-0.3, -0.25) is 0 Å². The van der Waals surface area contributed by atoms with E-state index in [-0.39, 0.29) is 0 Å². The van der Waals surface area contributed by atoms with Crippen LogP contribution in [0.4, 0.5) is 0 Å². The molecular formula is C13H17ClO2. The number of hydrogen-bond donors (Lipinski definition) is 1. The van der Waals surface area contributed by atoms with Gasteiger partial charge in [0.2, 0.25) is 0 Å². The van der Waals surface area contributed by atoms with Crippen molar-refractivity contribution in [3.63, 3.8) is 0 Å². The molecule has 16 heavy (non-hydrogen) atoms. The number of rotatable bonds is 2. The first kappa shape index (κ1) is 11.9. The topological polar surface area (TPSA) is 29.5 Å². The SMILES string of the molecule is Cc1c(Cl)cccc1C(O)C1CCOCC1. The molecule has 0 aromatic heterocycles. The standard InChI is InChI=1S/C13H17ClO2/c1-9-11(3-2-4-12(9)14)13(15)10-5-7-16-8-6-10/h2-4,10,13,15H,5-8H2,1H3. The third-order valence-electron chi connectivity index (χ3n) is 3.34. The maximum absolute atomic E-state index is 10.3. The van der Waals surface area contributed by atoms with E-state index in [9.17, 15) is 5.11 Å². The van der Waals surface area contributed by atoms with E-state index >= 15 is 0 Å². The Morgan fingerprint density at radius 1 is 1.38 bits per heavy atom. The molecule has 1 saturated heterocycles. The zero-order valence-electron chi connectivity index (χ0n) is 9.45. The smallest absolute Gasteiger partial charge is 0.0822 e. The first-order valence-corrected chi connectivity index (χ1v) is 6.09. The Morgan fingerprint density at radius 2 is 2.06 bits per heavy atom. The molecule has 1 heterocycles. The number of hydrogen-bond acceptors (Lipinski definition) is 2. The molecule has 0 amide bonds. The van der Waals surface area contributed by atoms with Crippen molar-refractivity contribution in [3.05, 3.63) is 34.3 Å². The number of benzene rings is 1. The lowest BCUT2D eigenvalue weighted by atomic mass is 9.87. The molecule has 1 unspecified atom stereocenters. The predicted octanol–water partition coefficient (Wildman–Crippen LogP) is 3.11. The minimum Gasteiger partial charge on any atom is -0.388 e. The van der Waals surface area contributed by atoms with E-state index in [2.05, 4.69) is 0 Å². The molecule has 1 fully saturated rings. The molecule has 2 nitrogen and oxygen atoms in total. The first-order chi connectivity index (χ1) is 7.70. The highest BCUT2D eigenvalue weighted by Crippen LogP contribution is 2.33. The Bertz CT molecular complexity index is 359. The van der Waals surface area contributed by atoms with Crippen LogP contribution in [-0.2, 0) is 4.74 Å². The zero-order chi connectivity index (χ0) is 11.5. The summed E-state index contributed by atoms with van der Waals surface area (Å²) in [6.07, 6.45) is 1.43. The van der Waals surface area contributed by atoms with Crippen LogP contribution in [0.5, 0.6) is 0 Å². The van der Waals surface area contributed by atoms with Gasteiger partial charge in [-0.15, -0.1) is 0 Å². The van der Waals surface area contributed by atoms with Gasteiger partial charge >= 0.3 is 0 Å². The molecule has 0 spiro atoms. The summed E-state index contributed by atoms with van der Waals surface area (Å²) in [5.41, 5.74) is 1.95. The monoisotopic (exact) mass is 240 g/mol. The third kappa shape index (κ3) is 2.40. The molecule has 1 aliphatic rings. The van der Waals surface area contributed by atoms with E-state index in [1.165, 1.54) is 0 Å². The van der Waals surface area contributed by atoms with Crippen molar-refractivity contribution in [3.8, 4) is 0 Å². The van der Waals surface area contributed by atoms with Crippen molar-refractivity contribution in [2.75, 3.05) is 13.2 Å². The quantitative estimate of drug-likeness (QED) is 0.861. The summed E-state index contributed by atoms with van der Waals surface area (Å²) in [6.45, 7) is 3.46. The maximum atomic E-state index is 10.3. The second kappa shape index (κ2) is 5.17. The number of ether oxygens (including phenoxy) is 1. The number of aliphatic hydroxyl groups is 1. The van der Waals surface area contributed by atoms with Crippen molar-refractivity contribution in [2.24, 2.45) is 5.92 Å². The summed E-state index contributed by atoms with van der Waals surface area (Å²) in [4.78, 5) is 0. The molecule has 0 aliphatic carbocycles. The van der Waals surface area contributed by atoms with Crippen LogP contribution in [0.15, 0.2) is 18.2 Å². The van der Waals surface area contributed by atoms with Gasteiger partial charge in [0.1, 0.15) is 0 Å². The lowest BCUT2D eigenvalue weighted by molar-refractivity contribution is 0.00696. The molecule has 1 N–H and O–H groups in total. The molecule has 1 aromatic rings. The molecule has 1 aliphatic heterocycles. The van der Waals surface area contributed by atoms with E-state index in [0.717, 1.165) is 42.2 Å². The minimum atomic E-state index is -0.414. The van der Waals surface area contributed by atoms with Crippen LogP contribution in [-0.4, -0.2) is 18.3 Å². The molecule has 2 rings (SSSR count). The summed E-state index contributed by atoms with van der Waals surface area (Å²) < 4.78 is 5.30. The molecule has 0 radical (unpaired) electrons. The van der Waals surface area contributed by atoms with Gasteiger partial charge in [0.25, 0.3) is 0 Å². The van der Waals surface area contributed by atoms with Crippen molar-refractivity contribution in [1.82, 2.24) is 0 Å². The predicted molar refractivity (Wildman–Crippen MR) is 64.7 cm³/mol. The van der Waals surface area contributed by atoms with Gasteiger partial charge in [-0.25, -0.2) is 0 Å². The summed E-state index contributed by atoms with van der Waals surface area (Å²) >= 11 is 6.06. The summed E-state index contributed by atoms with van der Waals surface area (Å²) in [5, 5.41) is 11.1. The number of halogens is 1. The van der Waals surface area contributed by atoms with E-state index in [4.69, 9.17) is 16.3 Å². The fourth-order valence-corrected chi connectivity index (χ4v) is 2.41. The first-order valence-electron chi connectivity index (χ1n) is 5.71. The van der Waals surface area contributed by atoms with E-state index in [1.54, 1.807) is 0 Å². The normalized spacial score (nSPS) is 19.7. The lowest BCUT2D eigenvalue weighted by Gasteiger charge is -2.28. The second-order valence-electron chi connectivity index (χ2n) is 4.35. The third-order valence-corrected chi connectivity index (χ3v) is 3.75. The average Bonchev–Trinajstić information content (AvgIpc) is 2.33. The van der Waals surface area contributed by atoms with Gasteiger partial charge in [0.05, 0.1) is 6.10 Å². The molecular weight excluding hydrogens is 224 g/mol. The fraction of sp³-hybridized carbons (Fsp3) is 0.538. The van der Waals surface area contributed by atoms with Gasteiger partial charge in [-0.05, 0) is 42.9 Å². The Hall–Kier alpha value is -0.570. The van der Waals surface area contributed by atoms with E-state index in [0.29, 0.717) is 5.92 Å². The molecule has 0 saturated carbocycles. The maximum Gasteiger partial charge on any atom is 0.0822 e. The fourth-order valence-electron chi connectivity index (χ4n) is 2.23. The highest BCUT2D eigenvalue weighted by molar-refractivity contribution is 6.31. The summed E-state index contributed by atoms with van der Waals surface area (Å²) in [6, 6.07) is 5.71. The van der Waals surface area contributed by atoms with Crippen molar-refractivity contribution >= 4 is 11.6 Å². The van der Waals surface area contributed by atoms with Gasteiger partial charge in [-0.1, -0.05) is 23.7 Å². The van der Waals surface area contributed by atoms with Crippen molar-refractivity contribution in [1.29, 1.82) is 0 Å². The second-order valence-corrected chi connectivity index (χ2v) is 4.76. The average molecular weight is 241 g/mol. The molecule has 1 aromatic carbocycles. The Morgan fingerprint density at radius 3 is 2.75 bits per heavy atom. The van der Waals surface area contributed by atoms with E-state index in [1.807, 2.05) is 25.1 Å². The Labute approximate surface area is 101 Å². The molecule has 1 atom stereocenters. The molecule has 3 heteroatoms. The van der Waals surface area contributed by atoms with Crippen LogP contribution in [0.2, 0.25) is 5.02 Å². The Balaban J connectivity index is 2.19. The van der Waals surface area contributed by atoms with E-state index < -0.39 is 6.10 Å². The zero-order valence-corrected chi connectivity index (χ0v) is 10.2. The van der Waals surface area contributed by atoms with Crippen LogP contribution < -0.4 is 0 Å². The van der Waals surface area contributed by atoms with Gasteiger partial charge in [0.15, 0.2) is 0 Å². The Kier molecular flexibility index (Phi) is 3.85. The largest absolute Gasteiger partial charge is 0.388 e. The van der Waals surface area contributed by atoms with Gasteiger partial charge in [0, 0.05) is 18.2 Å². The van der Waals surface area contributed by atoms with Crippen LogP contribution in [0.1, 0.15) is 30.1 Å². The van der Waals surface area contributed by atoms with Crippen LogP contribution in [0, 0.1) is 12.8 Å². The lowest BCUT2D eigenvalue weighted by Crippen LogP contribution is -2.22.